The highest BCUT2D eigenvalue weighted by Crippen LogP contribution is 2.55. The van der Waals surface area contributed by atoms with Gasteiger partial charge in [-0.25, -0.2) is 13.9 Å². The van der Waals surface area contributed by atoms with Crippen LogP contribution in [0.3, 0.4) is 0 Å². The van der Waals surface area contributed by atoms with Crippen LogP contribution in [-0.2, 0) is 6.54 Å². The van der Waals surface area contributed by atoms with E-state index < -0.39 is 18.5 Å². The molecule has 0 amide bonds. The van der Waals surface area contributed by atoms with Crippen LogP contribution in [0.4, 0.5) is 17.6 Å². The Hall–Kier alpha value is -2.68. The van der Waals surface area contributed by atoms with Crippen LogP contribution in [0.5, 0.6) is 0 Å². The summed E-state index contributed by atoms with van der Waals surface area (Å²) in [6, 6.07) is 3.29. The SMILES string of the molecule is Fc1cn(CC(F)(F)F)c2cc(C3C[C@@H]3c3cc(Cl)nn4ccnc34)ncc12. The van der Waals surface area contributed by atoms with Gasteiger partial charge in [-0.3, -0.25) is 4.98 Å². The molecule has 0 N–H and O–H groups in total. The summed E-state index contributed by atoms with van der Waals surface area (Å²) in [5, 5.41) is 4.55. The van der Waals surface area contributed by atoms with Crippen molar-refractivity contribution in [1.82, 2.24) is 24.1 Å². The van der Waals surface area contributed by atoms with Crippen molar-refractivity contribution in [2.75, 3.05) is 0 Å². The average molecular weight is 410 g/mol. The first-order valence-electron chi connectivity index (χ1n) is 8.51. The van der Waals surface area contributed by atoms with E-state index in [1.165, 1.54) is 6.20 Å². The highest BCUT2D eigenvalue weighted by molar-refractivity contribution is 6.29. The number of alkyl halides is 3. The molecule has 0 saturated heterocycles. The number of nitrogens with zero attached hydrogens (tertiary/aromatic N) is 5. The number of aromatic nitrogens is 5. The Morgan fingerprint density at radius 3 is 2.79 bits per heavy atom. The van der Waals surface area contributed by atoms with Crippen LogP contribution in [0.15, 0.2) is 36.9 Å². The summed E-state index contributed by atoms with van der Waals surface area (Å²) in [5.41, 5.74) is 2.40. The fourth-order valence-electron chi connectivity index (χ4n) is 3.73. The van der Waals surface area contributed by atoms with E-state index in [1.807, 2.05) is 0 Å². The van der Waals surface area contributed by atoms with Gasteiger partial charge in [-0.15, -0.1) is 0 Å². The zero-order chi connectivity index (χ0) is 19.6. The van der Waals surface area contributed by atoms with Crippen LogP contribution < -0.4 is 0 Å². The van der Waals surface area contributed by atoms with Crippen LogP contribution in [0.25, 0.3) is 16.6 Å². The molecule has 2 atom stereocenters. The van der Waals surface area contributed by atoms with Gasteiger partial charge in [0, 0.05) is 42.0 Å². The Morgan fingerprint density at radius 1 is 1.18 bits per heavy atom. The zero-order valence-corrected chi connectivity index (χ0v) is 14.9. The van der Waals surface area contributed by atoms with E-state index in [1.54, 1.807) is 29.0 Å². The number of pyridine rings is 1. The first-order chi connectivity index (χ1) is 13.3. The lowest BCUT2D eigenvalue weighted by atomic mass is 10.1. The molecule has 1 saturated carbocycles. The molecule has 5 rings (SSSR count). The second-order valence-corrected chi connectivity index (χ2v) is 7.30. The molecule has 0 aromatic carbocycles. The molecule has 5 nitrogen and oxygen atoms in total. The lowest BCUT2D eigenvalue weighted by Gasteiger charge is -2.09. The third-order valence-corrected chi connectivity index (χ3v) is 5.20. The second kappa shape index (κ2) is 5.91. The molecule has 1 aliphatic carbocycles. The molecule has 0 radical (unpaired) electrons. The van der Waals surface area contributed by atoms with Gasteiger partial charge >= 0.3 is 6.18 Å². The molecule has 1 aliphatic rings. The molecule has 0 bridgehead atoms. The minimum absolute atomic E-state index is 0.000615. The molecule has 0 spiro atoms. The van der Waals surface area contributed by atoms with Crippen molar-refractivity contribution in [2.24, 2.45) is 0 Å². The summed E-state index contributed by atoms with van der Waals surface area (Å²) < 4.78 is 54.9. The number of rotatable bonds is 3. The van der Waals surface area contributed by atoms with Crippen molar-refractivity contribution in [2.45, 2.75) is 31.0 Å². The van der Waals surface area contributed by atoms with E-state index in [2.05, 4.69) is 15.1 Å². The minimum Gasteiger partial charge on any atom is -0.335 e. The average Bonchev–Trinajstić information content (AvgIpc) is 3.18. The molecule has 4 aromatic rings. The Bertz CT molecular complexity index is 1210. The van der Waals surface area contributed by atoms with E-state index in [-0.39, 0.29) is 22.7 Å². The van der Waals surface area contributed by atoms with Gasteiger partial charge in [-0.05, 0) is 24.5 Å². The van der Waals surface area contributed by atoms with Crippen LogP contribution in [0.2, 0.25) is 5.15 Å². The number of halogens is 5. The molecule has 28 heavy (non-hydrogen) atoms. The molecule has 144 valence electrons. The maximum absolute atomic E-state index is 14.0. The summed E-state index contributed by atoms with van der Waals surface area (Å²) in [7, 11) is 0. The molecular formula is C18H12ClF4N5. The van der Waals surface area contributed by atoms with Gasteiger partial charge in [0.05, 0.1) is 10.9 Å². The van der Waals surface area contributed by atoms with E-state index in [0.717, 1.165) is 22.7 Å². The van der Waals surface area contributed by atoms with E-state index in [0.29, 0.717) is 16.5 Å². The van der Waals surface area contributed by atoms with Gasteiger partial charge in [-0.2, -0.15) is 18.3 Å². The Balaban J connectivity index is 1.52. The smallest absolute Gasteiger partial charge is 0.335 e. The fraction of sp³-hybridized carbons (Fsp3) is 0.278. The summed E-state index contributed by atoms with van der Waals surface area (Å²) in [5.74, 6) is -0.641. The molecule has 4 heterocycles. The van der Waals surface area contributed by atoms with Gasteiger partial charge < -0.3 is 4.57 Å². The predicted molar refractivity (Wildman–Crippen MR) is 93.8 cm³/mol. The molecule has 1 fully saturated rings. The number of hydrogen-bond acceptors (Lipinski definition) is 3. The highest BCUT2D eigenvalue weighted by Gasteiger charge is 2.42. The van der Waals surface area contributed by atoms with Gasteiger partial charge in [0.2, 0.25) is 0 Å². The van der Waals surface area contributed by atoms with Crippen molar-refractivity contribution in [3.8, 4) is 0 Å². The first kappa shape index (κ1) is 17.4. The normalized spacial score (nSPS) is 19.6. The van der Waals surface area contributed by atoms with Crippen molar-refractivity contribution in [1.29, 1.82) is 0 Å². The van der Waals surface area contributed by atoms with Crippen molar-refractivity contribution < 1.29 is 17.6 Å². The summed E-state index contributed by atoms with van der Waals surface area (Å²) >= 11 is 6.08. The third kappa shape index (κ3) is 2.90. The van der Waals surface area contributed by atoms with Gasteiger partial charge in [0.1, 0.15) is 17.5 Å². The summed E-state index contributed by atoms with van der Waals surface area (Å²) in [6.45, 7) is -1.25. The second-order valence-electron chi connectivity index (χ2n) is 6.91. The molecule has 4 aromatic heterocycles. The lowest BCUT2D eigenvalue weighted by Crippen LogP contribution is -2.16. The Morgan fingerprint density at radius 2 is 2.00 bits per heavy atom. The largest absolute Gasteiger partial charge is 0.406 e. The summed E-state index contributed by atoms with van der Waals surface area (Å²) in [4.78, 5) is 8.59. The standard InChI is InChI=1S/C18H12ClF4N5/c19-16-4-11(17-24-1-2-28(17)26-16)9-3-10(9)14-5-15-12(6-25-14)13(20)7-27(15)8-18(21,22)23/h1-2,4-7,9-10H,3,8H2/t9-,10?/m0/s1. The fourth-order valence-corrected chi connectivity index (χ4v) is 3.93. The van der Waals surface area contributed by atoms with Crippen LogP contribution in [-0.4, -0.2) is 30.3 Å². The van der Waals surface area contributed by atoms with Crippen molar-refractivity contribution in [3.63, 3.8) is 0 Å². The topological polar surface area (TPSA) is 48.0 Å². The minimum atomic E-state index is -4.44. The quantitative estimate of drug-likeness (QED) is 0.461. The number of hydrogen-bond donors (Lipinski definition) is 0. The predicted octanol–water partition coefficient (Wildman–Crippen LogP) is 4.70. The molecule has 10 heteroatoms. The van der Waals surface area contributed by atoms with E-state index >= 15 is 0 Å². The maximum Gasteiger partial charge on any atom is 0.406 e. The zero-order valence-electron chi connectivity index (χ0n) is 14.2. The Kier molecular flexibility index (Phi) is 3.67. The highest BCUT2D eigenvalue weighted by atomic mass is 35.5. The van der Waals surface area contributed by atoms with Crippen LogP contribution >= 0.6 is 11.6 Å². The van der Waals surface area contributed by atoms with Crippen LogP contribution in [0.1, 0.15) is 29.5 Å². The summed E-state index contributed by atoms with van der Waals surface area (Å²) in [6.07, 6.45) is 1.79. The maximum atomic E-state index is 14.0. The molecular weight excluding hydrogens is 398 g/mol. The van der Waals surface area contributed by atoms with Crippen LogP contribution in [0, 0.1) is 5.82 Å². The first-order valence-corrected chi connectivity index (χ1v) is 8.89. The van der Waals surface area contributed by atoms with E-state index in [4.69, 9.17) is 11.6 Å². The monoisotopic (exact) mass is 409 g/mol. The number of imidazole rings is 1. The Labute approximate surface area is 160 Å². The van der Waals surface area contributed by atoms with Gasteiger partial charge in [0.15, 0.2) is 5.65 Å². The van der Waals surface area contributed by atoms with Crippen molar-refractivity contribution >= 4 is 28.2 Å². The van der Waals surface area contributed by atoms with Gasteiger partial charge in [0.25, 0.3) is 0 Å². The van der Waals surface area contributed by atoms with Crippen molar-refractivity contribution in [3.05, 3.63) is 59.1 Å². The number of fused-ring (bicyclic) bond motifs is 2. The molecule has 0 aliphatic heterocycles. The lowest BCUT2D eigenvalue weighted by molar-refractivity contribution is -0.139. The third-order valence-electron chi connectivity index (χ3n) is 5.02. The van der Waals surface area contributed by atoms with Gasteiger partial charge in [-0.1, -0.05) is 11.6 Å². The molecule has 1 unspecified atom stereocenters. The van der Waals surface area contributed by atoms with E-state index in [9.17, 15) is 17.6 Å².